The van der Waals surface area contributed by atoms with Crippen LogP contribution >= 0.6 is 0 Å². The van der Waals surface area contributed by atoms with Gasteiger partial charge in [-0.3, -0.25) is 9.59 Å². The molecular formula is C18H24N2O3. The molecule has 1 saturated carbocycles. The van der Waals surface area contributed by atoms with Gasteiger partial charge >= 0.3 is 0 Å². The standard InChI is InChI=1S/C18H24N2O3/c21-17(20-11-3-1-2-4-12-20)13-23-16-9-7-15(8-10-16)19-18(22)14-5-6-14/h7-10,14H,1-6,11-13H2,(H,19,22). The van der Waals surface area contributed by atoms with E-state index in [1.54, 1.807) is 12.1 Å². The van der Waals surface area contributed by atoms with E-state index in [0.29, 0.717) is 5.75 Å². The third kappa shape index (κ3) is 4.71. The summed E-state index contributed by atoms with van der Waals surface area (Å²) in [4.78, 5) is 25.7. The lowest BCUT2D eigenvalue weighted by atomic mass is 10.2. The smallest absolute Gasteiger partial charge is 0.260 e. The molecule has 124 valence electrons. The fourth-order valence-corrected chi connectivity index (χ4v) is 2.78. The number of rotatable bonds is 5. The molecule has 5 heteroatoms. The molecule has 1 aromatic carbocycles. The van der Waals surface area contributed by atoms with Crippen molar-refractivity contribution >= 4 is 17.5 Å². The van der Waals surface area contributed by atoms with Crippen molar-refractivity contribution in [2.45, 2.75) is 38.5 Å². The van der Waals surface area contributed by atoms with Gasteiger partial charge in [-0.1, -0.05) is 12.8 Å². The predicted molar refractivity (Wildman–Crippen MR) is 88.3 cm³/mol. The summed E-state index contributed by atoms with van der Waals surface area (Å²) in [5.41, 5.74) is 0.771. The quantitative estimate of drug-likeness (QED) is 0.909. The number of hydrogen-bond acceptors (Lipinski definition) is 3. The van der Waals surface area contributed by atoms with Crippen molar-refractivity contribution in [2.75, 3.05) is 25.0 Å². The molecule has 2 fully saturated rings. The summed E-state index contributed by atoms with van der Waals surface area (Å²) in [6.45, 7) is 1.76. The number of carbonyl (C=O) groups is 2. The largest absolute Gasteiger partial charge is 0.484 e. The van der Waals surface area contributed by atoms with Crippen molar-refractivity contribution < 1.29 is 14.3 Å². The topological polar surface area (TPSA) is 58.6 Å². The summed E-state index contributed by atoms with van der Waals surface area (Å²) in [6.07, 6.45) is 6.57. The van der Waals surface area contributed by atoms with Crippen LogP contribution in [-0.4, -0.2) is 36.4 Å². The van der Waals surface area contributed by atoms with Crippen LogP contribution in [0, 0.1) is 5.92 Å². The maximum atomic E-state index is 12.2. The molecule has 1 saturated heterocycles. The number of amides is 2. The van der Waals surface area contributed by atoms with Crippen LogP contribution in [0.25, 0.3) is 0 Å². The number of benzene rings is 1. The summed E-state index contributed by atoms with van der Waals surface area (Å²) in [5, 5.41) is 2.88. The Balaban J connectivity index is 1.45. The normalized spacial score (nSPS) is 18.2. The van der Waals surface area contributed by atoms with Crippen LogP contribution in [0.15, 0.2) is 24.3 Å². The van der Waals surface area contributed by atoms with Crippen molar-refractivity contribution in [1.29, 1.82) is 0 Å². The van der Waals surface area contributed by atoms with Gasteiger partial charge in [0.2, 0.25) is 5.91 Å². The molecule has 1 aliphatic heterocycles. The van der Waals surface area contributed by atoms with Gasteiger partial charge in [0.15, 0.2) is 6.61 Å². The van der Waals surface area contributed by atoms with Crippen LogP contribution < -0.4 is 10.1 Å². The summed E-state index contributed by atoms with van der Waals surface area (Å²) in [5.74, 6) is 0.989. The predicted octanol–water partition coefficient (Wildman–Crippen LogP) is 2.82. The number of anilines is 1. The monoisotopic (exact) mass is 316 g/mol. The van der Waals surface area contributed by atoms with Gasteiger partial charge in [-0.15, -0.1) is 0 Å². The number of carbonyl (C=O) groups excluding carboxylic acids is 2. The zero-order valence-electron chi connectivity index (χ0n) is 13.4. The van der Waals surface area contributed by atoms with E-state index in [2.05, 4.69) is 5.32 Å². The molecule has 0 spiro atoms. The lowest BCUT2D eigenvalue weighted by molar-refractivity contribution is -0.133. The highest BCUT2D eigenvalue weighted by molar-refractivity contribution is 5.94. The Morgan fingerprint density at radius 1 is 1.04 bits per heavy atom. The van der Waals surface area contributed by atoms with Crippen molar-refractivity contribution in [3.05, 3.63) is 24.3 Å². The maximum Gasteiger partial charge on any atom is 0.260 e. The second kappa shape index (κ2) is 7.49. The highest BCUT2D eigenvalue weighted by Gasteiger charge is 2.29. The molecule has 5 nitrogen and oxygen atoms in total. The molecule has 0 unspecified atom stereocenters. The Morgan fingerprint density at radius 3 is 2.30 bits per heavy atom. The van der Waals surface area contributed by atoms with E-state index < -0.39 is 0 Å². The van der Waals surface area contributed by atoms with Crippen molar-refractivity contribution in [2.24, 2.45) is 5.92 Å². The lowest BCUT2D eigenvalue weighted by Gasteiger charge is -2.20. The van der Waals surface area contributed by atoms with Gasteiger partial charge in [0.1, 0.15) is 5.75 Å². The van der Waals surface area contributed by atoms with Gasteiger partial charge in [0, 0.05) is 24.7 Å². The first kappa shape index (κ1) is 15.8. The minimum atomic E-state index is 0.0537. The van der Waals surface area contributed by atoms with Gasteiger partial charge in [-0.05, 0) is 49.9 Å². The third-order valence-electron chi connectivity index (χ3n) is 4.39. The van der Waals surface area contributed by atoms with E-state index in [9.17, 15) is 9.59 Å². The van der Waals surface area contributed by atoms with E-state index in [0.717, 1.165) is 44.5 Å². The Labute approximate surface area is 137 Å². The first-order chi connectivity index (χ1) is 11.2. The SMILES string of the molecule is O=C(Nc1ccc(OCC(=O)N2CCCCCC2)cc1)C1CC1. The van der Waals surface area contributed by atoms with Crippen LogP contribution in [0.4, 0.5) is 5.69 Å². The number of nitrogens with one attached hydrogen (secondary N) is 1. The fourth-order valence-electron chi connectivity index (χ4n) is 2.78. The van der Waals surface area contributed by atoms with Crippen LogP contribution in [0.1, 0.15) is 38.5 Å². The van der Waals surface area contributed by atoms with Gasteiger partial charge < -0.3 is 15.0 Å². The molecule has 2 aliphatic rings. The Kier molecular flexibility index (Phi) is 5.16. The molecule has 1 N–H and O–H groups in total. The van der Waals surface area contributed by atoms with Crippen LogP contribution in [0.3, 0.4) is 0 Å². The van der Waals surface area contributed by atoms with Crippen LogP contribution in [0.5, 0.6) is 5.75 Å². The first-order valence-corrected chi connectivity index (χ1v) is 8.54. The maximum absolute atomic E-state index is 12.2. The van der Waals surface area contributed by atoms with E-state index in [1.807, 2.05) is 17.0 Å². The van der Waals surface area contributed by atoms with E-state index in [4.69, 9.17) is 4.74 Å². The van der Waals surface area contributed by atoms with Crippen LogP contribution in [0.2, 0.25) is 0 Å². The minimum absolute atomic E-state index is 0.0537. The molecule has 2 amide bonds. The van der Waals surface area contributed by atoms with E-state index >= 15 is 0 Å². The molecule has 0 bridgehead atoms. The van der Waals surface area contributed by atoms with Gasteiger partial charge in [0.25, 0.3) is 5.91 Å². The second-order valence-electron chi connectivity index (χ2n) is 6.37. The number of likely N-dealkylation sites (tertiary alicyclic amines) is 1. The Bertz CT molecular complexity index is 544. The lowest BCUT2D eigenvalue weighted by Crippen LogP contribution is -2.35. The zero-order chi connectivity index (χ0) is 16.1. The van der Waals surface area contributed by atoms with Crippen molar-refractivity contribution in [3.8, 4) is 5.75 Å². The number of hydrogen-bond donors (Lipinski definition) is 1. The molecule has 0 aromatic heterocycles. The van der Waals surface area contributed by atoms with Gasteiger partial charge in [-0.25, -0.2) is 0 Å². The van der Waals surface area contributed by atoms with Crippen molar-refractivity contribution in [3.63, 3.8) is 0 Å². The molecule has 1 heterocycles. The highest BCUT2D eigenvalue weighted by atomic mass is 16.5. The van der Waals surface area contributed by atoms with Crippen molar-refractivity contribution in [1.82, 2.24) is 4.90 Å². The van der Waals surface area contributed by atoms with E-state index in [-0.39, 0.29) is 24.3 Å². The molecular weight excluding hydrogens is 292 g/mol. The van der Waals surface area contributed by atoms with Crippen LogP contribution in [-0.2, 0) is 9.59 Å². The molecule has 3 rings (SSSR count). The first-order valence-electron chi connectivity index (χ1n) is 8.54. The Hall–Kier alpha value is -2.04. The second-order valence-corrected chi connectivity index (χ2v) is 6.37. The molecule has 23 heavy (non-hydrogen) atoms. The van der Waals surface area contributed by atoms with E-state index in [1.165, 1.54) is 12.8 Å². The van der Waals surface area contributed by atoms with Gasteiger partial charge in [0.05, 0.1) is 0 Å². The average Bonchev–Trinajstić information content (AvgIpc) is 3.40. The molecule has 0 radical (unpaired) electrons. The third-order valence-corrected chi connectivity index (χ3v) is 4.39. The summed E-state index contributed by atoms with van der Waals surface area (Å²) in [7, 11) is 0. The minimum Gasteiger partial charge on any atom is -0.484 e. The fraction of sp³-hybridized carbons (Fsp3) is 0.556. The molecule has 1 aromatic rings. The number of nitrogens with zero attached hydrogens (tertiary/aromatic N) is 1. The summed E-state index contributed by atoms with van der Waals surface area (Å²) in [6, 6.07) is 7.20. The molecule has 0 atom stereocenters. The highest BCUT2D eigenvalue weighted by Crippen LogP contribution is 2.30. The molecule has 1 aliphatic carbocycles. The summed E-state index contributed by atoms with van der Waals surface area (Å²) >= 11 is 0. The number of ether oxygens (including phenoxy) is 1. The summed E-state index contributed by atoms with van der Waals surface area (Å²) < 4.78 is 5.58. The zero-order valence-corrected chi connectivity index (χ0v) is 13.4. The Morgan fingerprint density at radius 2 is 1.70 bits per heavy atom. The average molecular weight is 316 g/mol. The van der Waals surface area contributed by atoms with Gasteiger partial charge in [-0.2, -0.15) is 0 Å².